The minimum Gasteiger partial charge on any atom is -0.348 e. The fourth-order valence-electron chi connectivity index (χ4n) is 4.69. The summed E-state index contributed by atoms with van der Waals surface area (Å²) in [5.74, 6) is 0.496. The van der Waals surface area contributed by atoms with Crippen molar-refractivity contribution in [2.45, 2.75) is 32.0 Å². The molecular formula is C23H26ClN5O2. The maximum atomic E-state index is 13.0. The normalized spacial score (nSPS) is 19.2. The molecule has 2 aliphatic heterocycles. The van der Waals surface area contributed by atoms with E-state index in [4.69, 9.17) is 0 Å². The number of carbonyl (C=O) groups excluding carboxylic acids is 1. The highest BCUT2D eigenvalue weighted by Crippen LogP contribution is 2.31. The summed E-state index contributed by atoms with van der Waals surface area (Å²) in [5, 5.41) is 10.6. The number of benzene rings is 1. The zero-order chi connectivity index (χ0) is 20.5. The topological polar surface area (TPSA) is 81.0 Å². The number of hydrogen-bond donors (Lipinski definition) is 2. The van der Waals surface area contributed by atoms with Gasteiger partial charge in [0.15, 0.2) is 0 Å². The molecule has 2 aromatic heterocycles. The molecule has 5 rings (SSSR count). The Balaban J connectivity index is 0.00000231. The Morgan fingerprint density at radius 2 is 1.97 bits per heavy atom. The van der Waals surface area contributed by atoms with Crippen LogP contribution in [0, 0.1) is 5.92 Å². The molecule has 1 aromatic carbocycles. The largest absolute Gasteiger partial charge is 0.348 e. The van der Waals surface area contributed by atoms with Gasteiger partial charge in [-0.3, -0.25) is 14.3 Å². The SMILES string of the molecule is Cl.O=C(NCc1ccccc1Cn1cccn1)c1ccc2n(c1=O)C[C@@H]1CNC[C@H]2C1. The third-order valence-corrected chi connectivity index (χ3v) is 6.20. The van der Waals surface area contributed by atoms with Gasteiger partial charge in [-0.15, -0.1) is 12.4 Å². The molecule has 2 aliphatic rings. The van der Waals surface area contributed by atoms with Crippen molar-refractivity contribution in [3.8, 4) is 0 Å². The first-order chi connectivity index (χ1) is 14.7. The van der Waals surface area contributed by atoms with Gasteiger partial charge in [0, 0.05) is 43.6 Å². The Bertz CT molecular complexity index is 1130. The van der Waals surface area contributed by atoms with Gasteiger partial charge in [0.25, 0.3) is 11.5 Å². The average Bonchev–Trinajstić information content (AvgIpc) is 3.27. The van der Waals surface area contributed by atoms with Crippen LogP contribution in [0.2, 0.25) is 0 Å². The summed E-state index contributed by atoms with van der Waals surface area (Å²) in [5.41, 5.74) is 3.19. The summed E-state index contributed by atoms with van der Waals surface area (Å²) in [6.07, 6.45) is 4.78. The Morgan fingerprint density at radius 3 is 2.77 bits per heavy atom. The third-order valence-electron chi connectivity index (χ3n) is 6.20. The minimum absolute atomic E-state index is 0. The predicted octanol–water partition coefficient (Wildman–Crippen LogP) is 2.15. The van der Waals surface area contributed by atoms with Gasteiger partial charge in [-0.1, -0.05) is 24.3 Å². The van der Waals surface area contributed by atoms with Crippen molar-refractivity contribution in [2.24, 2.45) is 5.92 Å². The average molecular weight is 440 g/mol. The summed E-state index contributed by atoms with van der Waals surface area (Å²) >= 11 is 0. The van der Waals surface area contributed by atoms with Crippen LogP contribution >= 0.6 is 12.4 Å². The van der Waals surface area contributed by atoms with Gasteiger partial charge in [0.2, 0.25) is 0 Å². The molecule has 31 heavy (non-hydrogen) atoms. The first-order valence-electron chi connectivity index (χ1n) is 10.5. The van der Waals surface area contributed by atoms with Crippen LogP contribution < -0.4 is 16.2 Å². The molecule has 2 bridgehead atoms. The molecule has 7 nitrogen and oxygen atoms in total. The van der Waals surface area contributed by atoms with Crippen molar-refractivity contribution >= 4 is 18.3 Å². The summed E-state index contributed by atoms with van der Waals surface area (Å²) in [6.45, 7) is 3.52. The van der Waals surface area contributed by atoms with E-state index in [-0.39, 0.29) is 29.4 Å². The molecule has 0 radical (unpaired) electrons. The lowest BCUT2D eigenvalue weighted by atomic mass is 9.84. The molecule has 2 N–H and O–H groups in total. The summed E-state index contributed by atoms with van der Waals surface area (Å²) in [6, 6.07) is 13.5. The van der Waals surface area contributed by atoms with E-state index in [9.17, 15) is 9.59 Å². The number of fused-ring (bicyclic) bond motifs is 4. The highest BCUT2D eigenvalue weighted by molar-refractivity contribution is 5.93. The monoisotopic (exact) mass is 439 g/mol. The number of pyridine rings is 1. The number of nitrogens with zero attached hydrogens (tertiary/aromatic N) is 3. The van der Waals surface area contributed by atoms with Crippen molar-refractivity contribution in [3.05, 3.63) is 87.6 Å². The highest BCUT2D eigenvalue weighted by Gasteiger charge is 2.31. The maximum absolute atomic E-state index is 13.0. The number of hydrogen-bond acceptors (Lipinski definition) is 4. The second-order valence-electron chi connectivity index (χ2n) is 8.20. The summed E-state index contributed by atoms with van der Waals surface area (Å²) < 4.78 is 3.67. The lowest BCUT2D eigenvalue weighted by molar-refractivity contribution is 0.0948. The van der Waals surface area contributed by atoms with E-state index < -0.39 is 0 Å². The lowest BCUT2D eigenvalue weighted by Crippen LogP contribution is -2.46. The van der Waals surface area contributed by atoms with Gasteiger partial charge in [0.05, 0.1) is 6.54 Å². The number of aromatic nitrogens is 3. The van der Waals surface area contributed by atoms with Crippen LogP contribution in [-0.4, -0.2) is 33.3 Å². The molecule has 0 saturated carbocycles. The predicted molar refractivity (Wildman–Crippen MR) is 121 cm³/mol. The van der Waals surface area contributed by atoms with Gasteiger partial charge < -0.3 is 15.2 Å². The molecular weight excluding hydrogens is 414 g/mol. The molecule has 0 spiro atoms. The number of piperidine rings is 1. The van der Waals surface area contributed by atoms with Gasteiger partial charge >= 0.3 is 0 Å². The van der Waals surface area contributed by atoms with Crippen LogP contribution in [0.25, 0.3) is 0 Å². The zero-order valence-corrected chi connectivity index (χ0v) is 18.0. The Labute approximate surface area is 186 Å². The summed E-state index contributed by atoms with van der Waals surface area (Å²) in [7, 11) is 0. The van der Waals surface area contributed by atoms with Crippen LogP contribution in [0.5, 0.6) is 0 Å². The smallest absolute Gasteiger partial charge is 0.263 e. The Kier molecular flexibility index (Phi) is 6.25. The molecule has 1 fully saturated rings. The van der Waals surface area contributed by atoms with Gasteiger partial charge in [-0.25, -0.2) is 0 Å². The van der Waals surface area contributed by atoms with E-state index in [0.29, 0.717) is 31.5 Å². The first kappa shape index (κ1) is 21.3. The fraction of sp³-hybridized carbons (Fsp3) is 0.348. The van der Waals surface area contributed by atoms with Crippen LogP contribution in [0.15, 0.2) is 59.7 Å². The molecule has 1 saturated heterocycles. The summed E-state index contributed by atoms with van der Waals surface area (Å²) in [4.78, 5) is 25.9. The van der Waals surface area contributed by atoms with E-state index in [1.54, 1.807) is 12.3 Å². The number of amides is 1. The highest BCUT2D eigenvalue weighted by atomic mass is 35.5. The van der Waals surface area contributed by atoms with Gasteiger partial charge in [0.1, 0.15) is 5.56 Å². The lowest BCUT2D eigenvalue weighted by Gasteiger charge is -2.37. The maximum Gasteiger partial charge on any atom is 0.263 e. The number of carbonyl (C=O) groups is 1. The van der Waals surface area contributed by atoms with Crippen molar-refractivity contribution in [1.29, 1.82) is 0 Å². The molecule has 8 heteroatoms. The second kappa shape index (κ2) is 9.08. The minimum atomic E-state index is -0.321. The zero-order valence-electron chi connectivity index (χ0n) is 17.2. The van der Waals surface area contributed by atoms with Crippen molar-refractivity contribution in [3.63, 3.8) is 0 Å². The van der Waals surface area contributed by atoms with E-state index in [1.165, 1.54) is 0 Å². The van der Waals surface area contributed by atoms with Crippen LogP contribution in [0.3, 0.4) is 0 Å². The van der Waals surface area contributed by atoms with E-state index >= 15 is 0 Å². The quantitative estimate of drug-likeness (QED) is 0.638. The van der Waals surface area contributed by atoms with E-state index in [0.717, 1.165) is 36.3 Å². The molecule has 3 aromatic rings. The van der Waals surface area contributed by atoms with Crippen LogP contribution in [-0.2, 0) is 19.6 Å². The van der Waals surface area contributed by atoms with Crippen molar-refractivity contribution < 1.29 is 4.79 Å². The van der Waals surface area contributed by atoms with Crippen LogP contribution in [0.4, 0.5) is 0 Å². The number of nitrogens with one attached hydrogen (secondary N) is 2. The fourth-order valence-corrected chi connectivity index (χ4v) is 4.69. The molecule has 162 valence electrons. The molecule has 0 aliphatic carbocycles. The van der Waals surface area contributed by atoms with Crippen LogP contribution in [0.1, 0.15) is 39.5 Å². The van der Waals surface area contributed by atoms with E-state index in [2.05, 4.69) is 15.7 Å². The van der Waals surface area contributed by atoms with E-state index in [1.807, 2.05) is 51.8 Å². The molecule has 0 unspecified atom stereocenters. The standard InChI is InChI=1S/C23H25N5O2.ClH/c29-22(25-13-17-4-1-2-5-18(17)15-27-9-3-8-26-27)20-6-7-21-19-10-16(11-24-12-19)14-28(21)23(20)30;/h1-9,16,19,24H,10-15H2,(H,25,29);1H/t16-,19+;/m0./s1. The first-order valence-corrected chi connectivity index (χ1v) is 10.5. The molecule has 1 amide bonds. The molecule has 2 atom stereocenters. The van der Waals surface area contributed by atoms with Gasteiger partial charge in [-0.05, 0) is 48.2 Å². The third kappa shape index (κ3) is 4.29. The van der Waals surface area contributed by atoms with Gasteiger partial charge in [-0.2, -0.15) is 5.10 Å². The Hall–Kier alpha value is -2.90. The second-order valence-corrected chi connectivity index (χ2v) is 8.20. The van der Waals surface area contributed by atoms with Crippen molar-refractivity contribution in [2.75, 3.05) is 13.1 Å². The molecule has 4 heterocycles. The Morgan fingerprint density at radius 1 is 1.13 bits per heavy atom. The van der Waals surface area contributed by atoms with Crippen molar-refractivity contribution in [1.82, 2.24) is 25.0 Å². The number of halogens is 1. The number of rotatable bonds is 5.